The number of rotatable bonds is 3. The Morgan fingerprint density at radius 1 is 1.27 bits per heavy atom. The van der Waals surface area contributed by atoms with Gasteiger partial charge < -0.3 is 0 Å². The molecule has 0 atom stereocenters. The Kier molecular flexibility index (Phi) is 3.50. The van der Waals surface area contributed by atoms with E-state index in [0.29, 0.717) is 0 Å². The lowest BCUT2D eigenvalue weighted by Gasteiger charge is -2.23. The van der Waals surface area contributed by atoms with Crippen LogP contribution in [0.2, 0.25) is 0 Å². The minimum Gasteiger partial charge on any atom is -0.299 e. The van der Waals surface area contributed by atoms with Gasteiger partial charge in [0.1, 0.15) is 11.7 Å². The molecule has 1 aliphatic carbocycles. The van der Waals surface area contributed by atoms with E-state index in [1.165, 1.54) is 0 Å². The first kappa shape index (κ1) is 11.8. The number of carbonyl (C=O) groups is 4. The van der Waals surface area contributed by atoms with Gasteiger partial charge in [0.25, 0.3) is 0 Å². The summed E-state index contributed by atoms with van der Waals surface area (Å²) in [6.07, 6.45) is 0.125. The van der Waals surface area contributed by atoms with Crippen molar-refractivity contribution in [2.24, 2.45) is 11.8 Å². The molecule has 4 nitrogen and oxygen atoms in total. The zero-order valence-corrected chi connectivity index (χ0v) is 8.62. The fraction of sp³-hybridized carbons (Fsp3) is 0.545. The summed E-state index contributed by atoms with van der Waals surface area (Å²) in [6.45, 7) is 4.81. The van der Waals surface area contributed by atoms with Crippen LogP contribution in [0.4, 0.5) is 0 Å². The van der Waals surface area contributed by atoms with Crippen LogP contribution in [-0.2, 0) is 19.2 Å². The molecule has 4 heteroatoms. The van der Waals surface area contributed by atoms with Gasteiger partial charge in [0.15, 0.2) is 17.3 Å². The SMILES string of the molecule is [CH2]C(=O)C1CC(=O)C(C(=O)CC)C(=O)C1. The van der Waals surface area contributed by atoms with Crippen LogP contribution >= 0.6 is 0 Å². The monoisotopic (exact) mass is 209 g/mol. The quantitative estimate of drug-likeness (QED) is 0.636. The summed E-state index contributed by atoms with van der Waals surface area (Å²) in [5, 5.41) is 0. The third-order valence-corrected chi connectivity index (χ3v) is 2.66. The average molecular weight is 209 g/mol. The first-order valence-electron chi connectivity index (χ1n) is 4.91. The zero-order chi connectivity index (χ0) is 11.6. The van der Waals surface area contributed by atoms with Crippen LogP contribution in [0.5, 0.6) is 0 Å². The number of hydrogen-bond acceptors (Lipinski definition) is 4. The van der Waals surface area contributed by atoms with Crippen molar-refractivity contribution >= 4 is 23.1 Å². The normalized spacial score (nSPS) is 26.5. The van der Waals surface area contributed by atoms with E-state index in [4.69, 9.17) is 0 Å². The van der Waals surface area contributed by atoms with Gasteiger partial charge in [-0.05, 0) is 0 Å². The largest absolute Gasteiger partial charge is 0.299 e. The molecule has 0 amide bonds. The average Bonchev–Trinajstić information content (AvgIpc) is 2.16. The molecule has 0 spiro atoms. The third kappa shape index (κ3) is 2.37. The molecule has 0 aliphatic heterocycles. The fourth-order valence-corrected chi connectivity index (χ4v) is 1.76. The third-order valence-electron chi connectivity index (χ3n) is 2.66. The van der Waals surface area contributed by atoms with Crippen molar-refractivity contribution in [1.82, 2.24) is 0 Å². The maximum Gasteiger partial charge on any atom is 0.151 e. The highest BCUT2D eigenvalue weighted by Crippen LogP contribution is 2.25. The van der Waals surface area contributed by atoms with E-state index in [2.05, 4.69) is 6.92 Å². The molecule has 0 aromatic carbocycles. The van der Waals surface area contributed by atoms with Crippen molar-refractivity contribution in [1.29, 1.82) is 0 Å². The molecule has 0 unspecified atom stereocenters. The Morgan fingerprint density at radius 2 is 1.73 bits per heavy atom. The van der Waals surface area contributed by atoms with Crippen molar-refractivity contribution in [2.75, 3.05) is 0 Å². The van der Waals surface area contributed by atoms with Crippen LogP contribution in [-0.4, -0.2) is 23.1 Å². The maximum absolute atomic E-state index is 11.5. The molecular weight excluding hydrogens is 196 g/mol. The minimum absolute atomic E-state index is 0.0233. The van der Waals surface area contributed by atoms with Crippen molar-refractivity contribution in [3.8, 4) is 0 Å². The Morgan fingerprint density at radius 3 is 2.07 bits per heavy atom. The smallest absolute Gasteiger partial charge is 0.151 e. The van der Waals surface area contributed by atoms with Crippen LogP contribution in [0, 0.1) is 18.8 Å². The minimum atomic E-state index is -1.12. The Hall–Kier alpha value is -1.32. The van der Waals surface area contributed by atoms with Crippen LogP contribution in [0.1, 0.15) is 26.2 Å². The molecule has 81 valence electrons. The molecule has 0 saturated heterocycles. The van der Waals surface area contributed by atoms with E-state index in [-0.39, 0.29) is 25.0 Å². The standard InChI is InChI=1S/C11H13O4/c1-3-8(13)11-9(14)4-7(6(2)12)5-10(11)15/h7,11H,2-5H2,1H3. The van der Waals surface area contributed by atoms with E-state index in [0.717, 1.165) is 0 Å². The molecule has 15 heavy (non-hydrogen) atoms. The second-order valence-corrected chi connectivity index (χ2v) is 3.76. The summed E-state index contributed by atoms with van der Waals surface area (Å²) >= 11 is 0. The van der Waals surface area contributed by atoms with Gasteiger partial charge >= 0.3 is 0 Å². The molecule has 0 N–H and O–H groups in total. The van der Waals surface area contributed by atoms with E-state index < -0.39 is 29.2 Å². The fourth-order valence-electron chi connectivity index (χ4n) is 1.76. The zero-order valence-electron chi connectivity index (χ0n) is 8.62. The van der Waals surface area contributed by atoms with Gasteiger partial charge in [-0.2, -0.15) is 0 Å². The van der Waals surface area contributed by atoms with Gasteiger partial charge in [0.2, 0.25) is 0 Å². The Labute approximate surface area is 88.0 Å². The summed E-state index contributed by atoms with van der Waals surface area (Å²) in [7, 11) is 0. The summed E-state index contributed by atoms with van der Waals surface area (Å²) < 4.78 is 0. The number of hydrogen-bond donors (Lipinski definition) is 0. The number of ketones is 4. The second-order valence-electron chi connectivity index (χ2n) is 3.76. The molecular formula is C11H13O4. The number of carbonyl (C=O) groups excluding carboxylic acids is 4. The molecule has 1 radical (unpaired) electrons. The van der Waals surface area contributed by atoms with Crippen LogP contribution in [0.3, 0.4) is 0 Å². The molecule has 1 rings (SSSR count). The summed E-state index contributed by atoms with van der Waals surface area (Å²) in [6, 6.07) is 0. The highest BCUT2D eigenvalue weighted by Gasteiger charge is 2.40. The van der Waals surface area contributed by atoms with Gasteiger partial charge in [-0.3, -0.25) is 19.2 Å². The molecule has 0 bridgehead atoms. The van der Waals surface area contributed by atoms with Crippen molar-refractivity contribution in [3.63, 3.8) is 0 Å². The van der Waals surface area contributed by atoms with Crippen LogP contribution < -0.4 is 0 Å². The Bertz CT molecular complexity index is 311. The molecule has 1 fully saturated rings. The molecule has 1 aliphatic rings. The highest BCUT2D eigenvalue weighted by atomic mass is 16.2. The summed E-state index contributed by atoms with van der Waals surface area (Å²) in [4.78, 5) is 45.3. The van der Waals surface area contributed by atoms with Gasteiger partial charge in [-0.1, -0.05) is 6.92 Å². The lowest BCUT2D eigenvalue weighted by atomic mass is 9.76. The van der Waals surface area contributed by atoms with Crippen LogP contribution in [0.15, 0.2) is 0 Å². The first-order chi connectivity index (χ1) is 6.97. The van der Waals surface area contributed by atoms with Crippen molar-refractivity contribution in [3.05, 3.63) is 6.92 Å². The van der Waals surface area contributed by atoms with Gasteiger partial charge in [-0.15, -0.1) is 0 Å². The van der Waals surface area contributed by atoms with Gasteiger partial charge in [0, 0.05) is 32.1 Å². The van der Waals surface area contributed by atoms with E-state index in [9.17, 15) is 19.2 Å². The molecule has 0 aromatic rings. The maximum atomic E-state index is 11.5. The van der Waals surface area contributed by atoms with Crippen LogP contribution in [0.25, 0.3) is 0 Å². The van der Waals surface area contributed by atoms with E-state index in [1.807, 2.05) is 0 Å². The molecule has 0 heterocycles. The lowest BCUT2D eigenvalue weighted by molar-refractivity contribution is -0.145. The van der Waals surface area contributed by atoms with Gasteiger partial charge in [-0.25, -0.2) is 0 Å². The lowest BCUT2D eigenvalue weighted by Crippen LogP contribution is -2.40. The molecule has 0 aromatic heterocycles. The summed E-state index contributed by atoms with van der Waals surface area (Å²) in [5.41, 5.74) is 0. The molecule has 1 saturated carbocycles. The predicted molar refractivity (Wildman–Crippen MR) is 51.9 cm³/mol. The predicted octanol–water partition coefficient (Wildman–Crippen LogP) is 0.533. The topological polar surface area (TPSA) is 68.3 Å². The van der Waals surface area contributed by atoms with Gasteiger partial charge in [0.05, 0.1) is 0 Å². The second kappa shape index (κ2) is 4.47. The van der Waals surface area contributed by atoms with E-state index in [1.54, 1.807) is 6.92 Å². The van der Waals surface area contributed by atoms with E-state index >= 15 is 0 Å². The summed E-state index contributed by atoms with van der Waals surface area (Å²) in [5.74, 6) is -3.35. The first-order valence-corrected chi connectivity index (χ1v) is 4.91. The Balaban J connectivity index is 2.82. The van der Waals surface area contributed by atoms with Crippen molar-refractivity contribution in [2.45, 2.75) is 26.2 Å². The number of Topliss-reactive ketones (excluding diaryl/α,β-unsaturated/α-hetero) is 4. The van der Waals surface area contributed by atoms with Crippen molar-refractivity contribution < 1.29 is 19.2 Å². The highest BCUT2D eigenvalue weighted by molar-refractivity contribution is 6.21.